The summed E-state index contributed by atoms with van der Waals surface area (Å²) in [5.74, 6) is 1.41. The Labute approximate surface area is 180 Å². The minimum atomic E-state index is -0.0525. The monoisotopic (exact) mass is 426 g/mol. The lowest BCUT2D eigenvalue weighted by molar-refractivity contribution is -0.125. The number of nitrogens with zero attached hydrogens (tertiary/aromatic N) is 3. The molecular weight excluding hydrogens is 400 g/mol. The molecule has 1 N–H and O–H groups in total. The van der Waals surface area contributed by atoms with Gasteiger partial charge in [0.2, 0.25) is 5.91 Å². The highest BCUT2D eigenvalue weighted by atomic mass is 32.1. The van der Waals surface area contributed by atoms with E-state index in [2.05, 4.69) is 15.2 Å². The molecular formula is C22H26N4O3S. The van der Waals surface area contributed by atoms with Crippen molar-refractivity contribution in [2.24, 2.45) is 5.92 Å². The second kappa shape index (κ2) is 9.30. The molecule has 1 saturated heterocycles. The summed E-state index contributed by atoms with van der Waals surface area (Å²) in [6.07, 6.45) is 3.64. The number of hydrogen-bond donors (Lipinski definition) is 1. The molecule has 1 aliphatic heterocycles. The van der Waals surface area contributed by atoms with Gasteiger partial charge in [-0.25, -0.2) is 9.97 Å². The minimum absolute atomic E-state index is 0.0525. The molecule has 3 heterocycles. The summed E-state index contributed by atoms with van der Waals surface area (Å²) in [6, 6.07) is 9.62. The summed E-state index contributed by atoms with van der Waals surface area (Å²) in [7, 11) is 1.62. The Bertz CT molecular complexity index is 990. The fraction of sp³-hybridized carbons (Fsp3) is 0.409. The van der Waals surface area contributed by atoms with Crippen LogP contribution in [0.1, 0.15) is 25.3 Å². The third-order valence-electron chi connectivity index (χ3n) is 5.21. The number of hydrogen-bond acceptors (Lipinski definition) is 7. The van der Waals surface area contributed by atoms with Crippen molar-refractivity contribution >= 4 is 32.7 Å². The molecule has 1 aliphatic rings. The predicted molar refractivity (Wildman–Crippen MR) is 118 cm³/mol. The molecule has 0 bridgehead atoms. The first-order valence-electron chi connectivity index (χ1n) is 10.2. The zero-order valence-electron chi connectivity index (χ0n) is 17.3. The fourth-order valence-electron chi connectivity index (χ4n) is 3.69. The van der Waals surface area contributed by atoms with Crippen LogP contribution in [0, 0.1) is 5.92 Å². The fourth-order valence-corrected chi connectivity index (χ4v) is 4.63. The molecule has 30 heavy (non-hydrogen) atoms. The summed E-state index contributed by atoms with van der Waals surface area (Å²) in [6.45, 7) is 4.57. The average molecular weight is 427 g/mol. The van der Waals surface area contributed by atoms with Crippen molar-refractivity contribution in [3.05, 3.63) is 42.1 Å². The van der Waals surface area contributed by atoms with Gasteiger partial charge in [-0.15, -0.1) is 0 Å². The van der Waals surface area contributed by atoms with Crippen molar-refractivity contribution in [3.63, 3.8) is 0 Å². The number of carbonyl (C=O) groups excluding carboxylic acids is 1. The van der Waals surface area contributed by atoms with E-state index in [0.29, 0.717) is 31.2 Å². The maximum atomic E-state index is 12.8. The molecule has 4 rings (SSSR count). The van der Waals surface area contributed by atoms with Gasteiger partial charge in [-0.05, 0) is 49.6 Å². The summed E-state index contributed by atoms with van der Waals surface area (Å²) in [5, 5.41) is 4.02. The van der Waals surface area contributed by atoms with Gasteiger partial charge in [-0.3, -0.25) is 4.79 Å². The van der Waals surface area contributed by atoms with E-state index in [4.69, 9.17) is 14.5 Å². The number of benzene rings is 1. The molecule has 3 aromatic rings. The Balaban J connectivity index is 1.37. The Hall–Kier alpha value is -2.87. The van der Waals surface area contributed by atoms with E-state index in [1.807, 2.05) is 37.3 Å². The van der Waals surface area contributed by atoms with Crippen LogP contribution in [0.25, 0.3) is 10.3 Å². The van der Waals surface area contributed by atoms with Crippen LogP contribution in [-0.2, 0) is 11.3 Å². The van der Waals surface area contributed by atoms with E-state index >= 15 is 0 Å². The molecule has 1 atom stereocenters. The first-order chi connectivity index (χ1) is 14.7. The number of piperidine rings is 1. The average Bonchev–Trinajstić information content (AvgIpc) is 3.23. The van der Waals surface area contributed by atoms with E-state index in [-0.39, 0.29) is 11.8 Å². The molecule has 1 unspecified atom stereocenters. The second-order valence-electron chi connectivity index (χ2n) is 7.25. The maximum absolute atomic E-state index is 12.8. The standard InChI is InChI=1S/C22H26N4O3S/c1-3-29-18-9-8-15(12-19(18)28-2)13-24-20(27)16-6-5-11-26(14-16)22-25-17-7-4-10-23-21(17)30-22/h4,7-10,12,16H,3,5-6,11,13-14H2,1-2H3,(H,24,27). The van der Waals surface area contributed by atoms with Crippen LogP contribution in [0.5, 0.6) is 11.5 Å². The number of nitrogens with one attached hydrogen (secondary N) is 1. The number of thiazole rings is 1. The molecule has 0 saturated carbocycles. The lowest BCUT2D eigenvalue weighted by Crippen LogP contribution is -2.42. The van der Waals surface area contributed by atoms with E-state index in [1.54, 1.807) is 24.6 Å². The quantitative estimate of drug-likeness (QED) is 0.622. The number of ether oxygens (including phenoxy) is 2. The van der Waals surface area contributed by atoms with Crippen LogP contribution in [0.15, 0.2) is 36.5 Å². The summed E-state index contributed by atoms with van der Waals surface area (Å²) >= 11 is 1.58. The number of fused-ring (bicyclic) bond motifs is 1. The zero-order valence-corrected chi connectivity index (χ0v) is 18.1. The van der Waals surface area contributed by atoms with Crippen LogP contribution in [0.3, 0.4) is 0 Å². The highest BCUT2D eigenvalue weighted by Crippen LogP contribution is 2.31. The molecule has 1 aromatic carbocycles. The Morgan fingerprint density at radius 1 is 1.33 bits per heavy atom. The van der Waals surface area contributed by atoms with Gasteiger partial charge in [0, 0.05) is 25.8 Å². The van der Waals surface area contributed by atoms with Crippen molar-refractivity contribution in [2.45, 2.75) is 26.3 Å². The SMILES string of the molecule is CCOc1ccc(CNC(=O)C2CCCN(c3nc4cccnc4s3)C2)cc1OC. The first kappa shape index (κ1) is 20.4. The maximum Gasteiger partial charge on any atom is 0.225 e. The normalized spacial score (nSPS) is 16.5. The molecule has 2 aromatic heterocycles. The van der Waals surface area contributed by atoms with Crippen molar-refractivity contribution in [1.82, 2.24) is 15.3 Å². The van der Waals surface area contributed by atoms with Gasteiger partial charge < -0.3 is 19.7 Å². The predicted octanol–water partition coefficient (Wildman–Crippen LogP) is 3.63. The van der Waals surface area contributed by atoms with Crippen LogP contribution in [0.2, 0.25) is 0 Å². The van der Waals surface area contributed by atoms with E-state index < -0.39 is 0 Å². The van der Waals surface area contributed by atoms with Gasteiger partial charge in [0.05, 0.1) is 19.6 Å². The number of rotatable bonds is 7. The third-order valence-corrected chi connectivity index (χ3v) is 6.25. The largest absolute Gasteiger partial charge is 0.493 e. The molecule has 0 aliphatic carbocycles. The lowest BCUT2D eigenvalue weighted by atomic mass is 9.97. The minimum Gasteiger partial charge on any atom is -0.493 e. The van der Waals surface area contributed by atoms with Gasteiger partial charge in [0.1, 0.15) is 10.3 Å². The van der Waals surface area contributed by atoms with Crippen LogP contribution >= 0.6 is 11.3 Å². The van der Waals surface area contributed by atoms with Gasteiger partial charge in [-0.1, -0.05) is 17.4 Å². The number of amides is 1. The number of aromatic nitrogens is 2. The molecule has 1 amide bonds. The number of methoxy groups -OCH3 is 1. The van der Waals surface area contributed by atoms with Gasteiger partial charge in [0.15, 0.2) is 16.6 Å². The smallest absolute Gasteiger partial charge is 0.225 e. The zero-order chi connectivity index (χ0) is 20.9. The Kier molecular flexibility index (Phi) is 6.32. The molecule has 1 fully saturated rings. The number of carbonyl (C=O) groups is 1. The first-order valence-corrected chi connectivity index (χ1v) is 11.0. The summed E-state index contributed by atoms with van der Waals surface area (Å²) < 4.78 is 10.9. The highest BCUT2D eigenvalue weighted by Gasteiger charge is 2.27. The van der Waals surface area contributed by atoms with Crippen molar-refractivity contribution in [1.29, 1.82) is 0 Å². The molecule has 8 heteroatoms. The number of anilines is 1. The van der Waals surface area contributed by atoms with Crippen molar-refractivity contribution in [3.8, 4) is 11.5 Å². The number of pyridine rings is 1. The highest BCUT2D eigenvalue weighted by molar-refractivity contribution is 7.21. The van der Waals surface area contributed by atoms with E-state index in [1.165, 1.54) is 0 Å². The molecule has 158 valence electrons. The van der Waals surface area contributed by atoms with Gasteiger partial charge >= 0.3 is 0 Å². The van der Waals surface area contributed by atoms with Crippen LogP contribution in [0.4, 0.5) is 5.13 Å². The van der Waals surface area contributed by atoms with Crippen molar-refractivity contribution < 1.29 is 14.3 Å². The van der Waals surface area contributed by atoms with Gasteiger partial charge in [0.25, 0.3) is 0 Å². The van der Waals surface area contributed by atoms with Crippen molar-refractivity contribution in [2.75, 3.05) is 31.7 Å². The van der Waals surface area contributed by atoms with Gasteiger partial charge in [-0.2, -0.15) is 0 Å². The van der Waals surface area contributed by atoms with E-state index in [9.17, 15) is 4.79 Å². The summed E-state index contributed by atoms with van der Waals surface area (Å²) in [4.78, 5) is 25.0. The topological polar surface area (TPSA) is 76.6 Å². The molecule has 0 radical (unpaired) electrons. The molecule has 7 nitrogen and oxygen atoms in total. The second-order valence-corrected chi connectivity index (χ2v) is 8.20. The lowest BCUT2D eigenvalue weighted by Gasteiger charge is -2.31. The third kappa shape index (κ3) is 4.48. The van der Waals surface area contributed by atoms with E-state index in [0.717, 1.165) is 40.4 Å². The Morgan fingerprint density at radius 2 is 2.23 bits per heavy atom. The van der Waals surface area contributed by atoms with Crippen LogP contribution < -0.4 is 19.7 Å². The Morgan fingerprint density at radius 3 is 3.03 bits per heavy atom. The molecule has 0 spiro atoms. The summed E-state index contributed by atoms with van der Waals surface area (Å²) in [5.41, 5.74) is 1.89. The van der Waals surface area contributed by atoms with Crippen LogP contribution in [-0.4, -0.2) is 42.7 Å².